The van der Waals surface area contributed by atoms with Crippen molar-refractivity contribution in [1.82, 2.24) is 0 Å². The van der Waals surface area contributed by atoms with Crippen LogP contribution in [-0.4, -0.2) is 27.4 Å². The smallest absolute Gasteiger partial charge is 0.261 e. The summed E-state index contributed by atoms with van der Waals surface area (Å²) < 4.78 is 39.5. The molecule has 0 fully saturated rings. The van der Waals surface area contributed by atoms with Gasteiger partial charge in [-0.25, -0.2) is 8.42 Å². The van der Waals surface area contributed by atoms with Gasteiger partial charge in [-0.2, -0.15) is 0 Å². The first-order valence-electron chi connectivity index (χ1n) is 9.17. The molecule has 1 heterocycles. The molecule has 0 atom stereocenters. The summed E-state index contributed by atoms with van der Waals surface area (Å²) in [7, 11) is -3.92. The number of ketones is 1. The van der Waals surface area contributed by atoms with Crippen molar-refractivity contribution >= 4 is 33.1 Å². The Morgan fingerprint density at radius 3 is 2.17 bits per heavy atom. The Bertz CT molecular complexity index is 1210. The van der Waals surface area contributed by atoms with Crippen LogP contribution in [0.25, 0.3) is 0 Å². The summed E-state index contributed by atoms with van der Waals surface area (Å²) in [4.78, 5) is 13.2. The average Bonchev–Trinajstić information content (AvgIpc) is 2.73. The number of rotatable bonds is 5. The second-order valence-electron chi connectivity index (χ2n) is 6.80. The largest absolute Gasteiger partial charge is 0.486 e. The minimum atomic E-state index is -3.92. The lowest BCUT2D eigenvalue weighted by Gasteiger charge is -2.21. The third-order valence-corrected chi connectivity index (χ3v) is 6.24. The van der Waals surface area contributed by atoms with Crippen molar-refractivity contribution in [1.29, 1.82) is 0 Å². The van der Waals surface area contributed by atoms with Gasteiger partial charge in [0.15, 0.2) is 17.3 Å². The lowest BCUT2D eigenvalue weighted by molar-refractivity contribution is 0.103. The first-order chi connectivity index (χ1) is 14.3. The average molecular weight is 444 g/mol. The van der Waals surface area contributed by atoms with E-state index in [1.165, 1.54) is 24.3 Å². The zero-order valence-electron chi connectivity index (χ0n) is 16.0. The predicted molar refractivity (Wildman–Crippen MR) is 114 cm³/mol. The Kier molecular flexibility index (Phi) is 5.40. The predicted octanol–water partition coefficient (Wildman–Crippen LogP) is 4.45. The van der Waals surface area contributed by atoms with Gasteiger partial charge in [-0.1, -0.05) is 29.3 Å². The quantitative estimate of drug-likeness (QED) is 0.589. The summed E-state index contributed by atoms with van der Waals surface area (Å²) in [5.74, 6) is 0.387. The first-order valence-corrected chi connectivity index (χ1v) is 11.0. The summed E-state index contributed by atoms with van der Waals surface area (Å²) in [5, 5.41) is 0.494. The topological polar surface area (TPSA) is 81.7 Å². The molecule has 0 bridgehead atoms. The Morgan fingerprint density at radius 1 is 0.933 bits per heavy atom. The highest BCUT2D eigenvalue weighted by atomic mass is 35.5. The molecule has 6 nitrogen and oxygen atoms in total. The van der Waals surface area contributed by atoms with E-state index < -0.39 is 10.0 Å². The minimum absolute atomic E-state index is 0.0906. The second kappa shape index (κ2) is 8.01. The van der Waals surface area contributed by atoms with Gasteiger partial charge < -0.3 is 9.47 Å². The van der Waals surface area contributed by atoms with Gasteiger partial charge in [0.2, 0.25) is 0 Å². The van der Waals surface area contributed by atoms with E-state index in [1.807, 2.05) is 6.92 Å². The first kappa shape index (κ1) is 20.3. The van der Waals surface area contributed by atoms with E-state index in [4.69, 9.17) is 21.1 Å². The fraction of sp³-hybridized carbons (Fsp3) is 0.136. The number of fused-ring (bicyclic) bond motifs is 1. The van der Waals surface area contributed by atoms with E-state index in [0.717, 1.165) is 5.56 Å². The lowest BCUT2D eigenvalue weighted by Crippen LogP contribution is -2.19. The van der Waals surface area contributed by atoms with Gasteiger partial charge in [0.05, 0.1) is 16.1 Å². The third-order valence-electron chi connectivity index (χ3n) is 4.61. The number of benzene rings is 3. The normalized spacial score (nSPS) is 13.0. The maximum Gasteiger partial charge on any atom is 0.261 e. The molecule has 0 saturated heterocycles. The molecule has 0 unspecified atom stereocenters. The Balaban J connectivity index is 1.78. The van der Waals surface area contributed by atoms with Gasteiger partial charge in [-0.05, 0) is 49.4 Å². The molecular formula is C22H18ClNO5S. The molecule has 4 rings (SSSR count). The molecule has 8 heteroatoms. The van der Waals surface area contributed by atoms with Crippen LogP contribution in [0.5, 0.6) is 11.5 Å². The summed E-state index contributed by atoms with van der Waals surface area (Å²) in [5.41, 5.74) is 1.57. The summed E-state index contributed by atoms with van der Waals surface area (Å²) in [6, 6.07) is 15.8. The van der Waals surface area contributed by atoms with Gasteiger partial charge in [-0.3, -0.25) is 9.52 Å². The Hall–Kier alpha value is -3.03. The van der Waals surface area contributed by atoms with Gasteiger partial charge in [-0.15, -0.1) is 0 Å². The van der Waals surface area contributed by atoms with E-state index in [1.54, 1.807) is 36.4 Å². The highest BCUT2D eigenvalue weighted by Gasteiger charge is 2.24. The van der Waals surface area contributed by atoms with E-state index in [9.17, 15) is 13.2 Å². The van der Waals surface area contributed by atoms with Crippen LogP contribution in [-0.2, 0) is 10.0 Å². The number of hydrogen-bond donors (Lipinski definition) is 1. The lowest BCUT2D eigenvalue weighted by atomic mass is 10.0. The number of sulfonamides is 1. The number of hydrogen-bond acceptors (Lipinski definition) is 5. The van der Waals surface area contributed by atoms with Crippen molar-refractivity contribution in [2.45, 2.75) is 11.8 Å². The van der Waals surface area contributed by atoms with Crippen LogP contribution < -0.4 is 14.2 Å². The van der Waals surface area contributed by atoms with E-state index in [-0.39, 0.29) is 21.9 Å². The molecule has 154 valence electrons. The molecule has 0 aromatic heterocycles. The van der Waals surface area contributed by atoms with Crippen molar-refractivity contribution in [2.75, 3.05) is 17.9 Å². The van der Waals surface area contributed by atoms with Crippen LogP contribution >= 0.6 is 11.6 Å². The highest BCUT2D eigenvalue weighted by molar-refractivity contribution is 7.92. The standard InChI is InChI=1S/C22H18ClNO5S/c1-14-2-8-17(9-3-14)30(26,27)24-19-13-21-20(28-10-11-29-21)12-18(19)22(25)15-4-6-16(23)7-5-15/h2-9,12-13,24H,10-11H2,1H3. The number of carbonyl (C=O) groups is 1. The summed E-state index contributed by atoms with van der Waals surface area (Å²) in [6.07, 6.45) is 0. The van der Waals surface area contributed by atoms with Crippen LogP contribution in [0, 0.1) is 6.92 Å². The molecule has 0 radical (unpaired) electrons. The SMILES string of the molecule is Cc1ccc(S(=O)(=O)Nc2cc3c(cc2C(=O)c2ccc(Cl)cc2)OCCO3)cc1. The molecule has 0 saturated carbocycles. The molecule has 1 aliphatic heterocycles. The van der Waals surface area contributed by atoms with E-state index in [0.29, 0.717) is 35.3 Å². The van der Waals surface area contributed by atoms with Crippen molar-refractivity contribution in [3.63, 3.8) is 0 Å². The number of aryl methyl sites for hydroxylation is 1. The van der Waals surface area contributed by atoms with Crippen molar-refractivity contribution in [3.05, 3.63) is 82.4 Å². The van der Waals surface area contributed by atoms with Gasteiger partial charge in [0.25, 0.3) is 10.0 Å². The number of halogens is 1. The number of nitrogens with one attached hydrogen (secondary N) is 1. The maximum absolute atomic E-state index is 13.2. The monoisotopic (exact) mass is 443 g/mol. The zero-order chi connectivity index (χ0) is 21.3. The molecule has 1 aliphatic rings. The summed E-state index contributed by atoms with van der Waals surface area (Å²) in [6.45, 7) is 2.55. The fourth-order valence-corrected chi connectivity index (χ4v) is 4.24. The van der Waals surface area contributed by atoms with Crippen LogP contribution in [0.3, 0.4) is 0 Å². The van der Waals surface area contributed by atoms with Gasteiger partial charge in [0, 0.05) is 16.7 Å². The van der Waals surface area contributed by atoms with Crippen LogP contribution in [0.2, 0.25) is 5.02 Å². The number of anilines is 1. The Labute approximate surface area is 179 Å². The van der Waals surface area contributed by atoms with E-state index >= 15 is 0 Å². The van der Waals surface area contributed by atoms with Crippen LogP contribution in [0.4, 0.5) is 5.69 Å². The fourth-order valence-electron chi connectivity index (χ4n) is 3.04. The van der Waals surface area contributed by atoms with Crippen LogP contribution in [0.1, 0.15) is 21.5 Å². The van der Waals surface area contributed by atoms with Crippen LogP contribution in [0.15, 0.2) is 65.6 Å². The van der Waals surface area contributed by atoms with Gasteiger partial charge >= 0.3 is 0 Å². The maximum atomic E-state index is 13.2. The molecule has 0 spiro atoms. The minimum Gasteiger partial charge on any atom is -0.486 e. The van der Waals surface area contributed by atoms with Crippen molar-refractivity contribution < 1.29 is 22.7 Å². The van der Waals surface area contributed by atoms with Crippen molar-refractivity contribution in [3.8, 4) is 11.5 Å². The number of ether oxygens (including phenoxy) is 2. The summed E-state index contributed by atoms with van der Waals surface area (Å²) >= 11 is 5.92. The highest BCUT2D eigenvalue weighted by Crippen LogP contribution is 2.37. The van der Waals surface area contributed by atoms with Crippen molar-refractivity contribution in [2.24, 2.45) is 0 Å². The molecule has 3 aromatic rings. The molecule has 0 amide bonds. The molecule has 3 aromatic carbocycles. The molecular weight excluding hydrogens is 426 g/mol. The molecule has 0 aliphatic carbocycles. The third kappa shape index (κ3) is 4.13. The second-order valence-corrected chi connectivity index (χ2v) is 8.91. The Morgan fingerprint density at radius 2 is 1.53 bits per heavy atom. The zero-order valence-corrected chi connectivity index (χ0v) is 17.6. The number of carbonyl (C=O) groups excluding carboxylic acids is 1. The van der Waals surface area contributed by atoms with E-state index in [2.05, 4.69) is 4.72 Å². The van der Waals surface area contributed by atoms with Gasteiger partial charge in [0.1, 0.15) is 13.2 Å². The molecule has 1 N–H and O–H groups in total. The molecule has 30 heavy (non-hydrogen) atoms.